The van der Waals surface area contributed by atoms with E-state index in [1.54, 1.807) is 24.3 Å². The second-order valence-electron chi connectivity index (χ2n) is 5.76. The Morgan fingerprint density at radius 2 is 2.12 bits per heavy atom. The van der Waals surface area contributed by atoms with Crippen molar-refractivity contribution in [3.8, 4) is 5.75 Å². The van der Waals surface area contributed by atoms with Gasteiger partial charge in [-0.05, 0) is 42.8 Å². The van der Waals surface area contributed by atoms with Crippen molar-refractivity contribution >= 4 is 17.5 Å². The Morgan fingerprint density at radius 1 is 1.27 bits per heavy atom. The number of amides is 1. The van der Waals surface area contributed by atoms with Gasteiger partial charge in [0.15, 0.2) is 0 Å². The number of fused-ring (bicyclic) bond motifs is 1. The normalized spacial score (nSPS) is 10.8. The number of aromatic amines is 1. The molecule has 1 aromatic carbocycles. The summed E-state index contributed by atoms with van der Waals surface area (Å²) in [6.45, 7) is 2.38. The molecule has 0 unspecified atom stereocenters. The molecular weight excluding hydrogens is 332 g/mol. The van der Waals surface area contributed by atoms with Crippen LogP contribution in [-0.2, 0) is 6.61 Å². The van der Waals surface area contributed by atoms with Gasteiger partial charge in [-0.25, -0.2) is 10.1 Å². The first-order chi connectivity index (χ1) is 12.7. The minimum atomic E-state index is -0.274. The van der Waals surface area contributed by atoms with Crippen LogP contribution in [0.1, 0.15) is 21.6 Å². The number of hydrogen-bond acceptors (Lipinski definition) is 5. The lowest BCUT2D eigenvalue weighted by atomic mass is 10.2. The molecule has 4 rings (SSSR count). The lowest BCUT2D eigenvalue weighted by Crippen LogP contribution is -2.12. The molecule has 130 valence electrons. The standard InChI is InChI=1S/C18H16N6O2/c1-12-3-2-8-24-9-14(21-16(12)24)10-26-15-6-4-13(5-7-15)17(25)22-18-19-11-20-23-18/h2-9,11H,10H2,1H3,(H2,19,20,22,23,25). The van der Waals surface area contributed by atoms with Crippen LogP contribution in [0.5, 0.6) is 5.75 Å². The number of aryl methyl sites for hydroxylation is 1. The monoisotopic (exact) mass is 348 g/mol. The molecule has 0 saturated carbocycles. The first-order valence-corrected chi connectivity index (χ1v) is 8.02. The number of carbonyl (C=O) groups excluding carboxylic acids is 1. The molecule has 0 fully saturated rings. The fraction of sp³-hybridized carbons (Fsp3) is 0.111. The highest BCUT2D eigenvalue weighted by Crippen LogP contribution is 2.16. The molecule has 8 nitrogen and oxygen atoms in total. The molecule has 2 N–H and O–H groups in total. The first-order valence-electron chi connectivity index (χ1n) is 8.02. The fourth-order valence-corrected chi connectivity index (χ4v) is 2.58. The Hall–Kier alpha value is -3.68. The van der Waals surface area contributed by atoms with Crippen molar-refractivity contribution in [2.24, 2.45) is 0 Å². The van der Waals surface area contributed by atoms with Crippen LogP contribution in [-0.4, -0.2) is 30.5 Å². The van der Waals surface area contributed by atoms with Crippen LogP contribution in [0.3, 0.4) is 0 Å². The zero-order valence-electron chi connectivity index (χ0n) is 14.0. The van der Waals surface area contributed by atoms with Crippen LogP contribution >= 0.6 is 0 Å². The average molecular weight is 348 g/mol. The smallest absolute Gasteiger partial charge is 0.258 e. The molecule has 3 heterocycles. The number of anilines is 1. The summed E-state index contributed by atoms with van der Waals surface area (Å²) in [6, 6.07) is 10.9. The SMILES string of the molecule is Cc1cccn2cc(COc3ccc(C(=O)Nc4ncn[nH]4)cc3)nc12. The van der Waals surface area contributed by atoms with Gasteiger partial charge in [-0.1, -0.05) is 6.07 Å². The molecule has 0 aliphatic rings. The van der Waals surface area contributed by atoms with E-state index < -0.39 is 0 Å². The number of pyridine rings is 1. The van der Waals surface area contributed by atoms with Gasteiger partial charge in [-0.15, -0.1) is 0 Å². The van der Waals surface area contributed by atoms with E-state index in [9.17, 15) is 4.79 Å². The van der Waals surface area contributed by atoms with Gasteiger partial charge in [0.1, 0.15) is 24.3 Å². The zero-order chi connectivity index (χ0) is 17.9. The summed E-state index contributed by atoms with van der Waals surface area (Å²) in [5.41, 5.74) is 3.37. The van der Waals surface area contributed by atoms with Crippen molar-refractivity contribution in [2.75, 3.05) is 5.32 Å². The third kappa shape index (κ3) is 3.25. The van der Waals surface area contributed by atoms with E-state index in [1.165, 1.54) is 6.33 Å². The summed E-state index contributed by atoms with van der Waals surface area (Å²) in [6.07, 6.45) is 5.23. The highest BCUT2D eigenvalue weighted by atomic mass is 16.5. The fourth-order valence-electron chi connectivity index (χ4n) is 2.58. The Kier molecular flexibility index (Phi) is 4.06. The third-order valence-electron chi connectivity index (χ3n) is 3.88. The third-order valence-corrected chi connectivity index (χ3v) is 3.88. The Morgan fingerprint density at radius 3 is 2.85 bits per heavy atom. The highest BCUT2D eigenvalue weighted by molar-refractivity contribution is 6.03. The van der Waals surface area contributed by atoms with Crippen LogP contribution in [0.25, 0.3) is 5.65 Å². The number of imidazole rings is 1. The van der Waals surface area contributed by atoms with E-state index in [2.05, 4.69) is 25.5 Å². The van der Waals surface area contributed by atoms with Gasteiger partial charge in [-0.3, -0.25) is 10.1 Å². The van der Waals surface area contributed by atoms with Crippen molar-refractivity contribution in [2.45, 2.75) is 13.5 Å². The number of carbonyl (C=O) groups is 1. The summed E-state index contributed by atoms with van der Waals surface area (Å²) in [7, 11) is 0. The van der Waals surface area contributed by atoms with Gasteiger partial charge in [0.2, 0.25) is 5.95 Å². The van der Waals surface area contributed by atoms with Crippen molar-refractivity contribution in [3.05, 3.63) is 71.9 Å². The minimum Gasteiger partial charge on any atom is -0.487 e. The van der Waals surface area contributed by atoms with Crippen LogP contribution in [0.15, 0.2) is 55.1 Å². The van der Waals surface area contributed by atoms with E-state index in [4.69, 9.17) is 4.74 Å². The van der Waals surface area contributed by atoms with Gasteiger partial charge >= 0.3 is 0 Å². The van der Waals surface area contributed by atoms with E-state index in [-0.39, 0.29) is 5.91 Å². The predicted molar refractivity (Wildman–Crippen MR) is 95.0 cm³/mol. The van der Waals surface area contributed by atoms with Gasteiger partial charge in [-0.2, -0.15) is 10.1 Å². The second-order valence-corrected chi connectivity index (χ2v) is 5.76. The first kappa shape index (κ1) is 15.8. The lowest BCUT2D eigenvalue weighted by Gasteiger charge is -2.05. The molecule has 0 radical (unpaired) electrons. The molecule has 4 aromatic rings. The maximum Gasteiger partial charge on any atom is 0.258 e. The van der Waals surface area contributed by atoms with E-state index in [1.807, 2.05) is 35.9 Å². The summed E-state index contributed by atoms with van der Waals surface area (Å²) in [5, 5.41) is 8.87. The average Bonchev–Trinajstić information content (AvgIpc) is 3.30. The quantitative estimate of drug-likeness (QED) is 0.578. The van der Waals surface area contributed by atoms with Gasteiger partial charge < -0.3 is 9.14 Å². The Balaban J connectivity index is 1.40. The predicted octanol–water partition coefficient (Wildman–Crippen LogP) is 2.59. The lowest BCUT2D eigenvalue weighted by molar-refractivity contribution is 0.102. The van der Waals surface area contributed by atoms with Crippen molar-refractivity contribution < 1.29 is 9.53 Å². The van der Waals surface area contributed by atoms with E-state index in [0.29, 0.717) is 23.9 Å². The maximum atomic E-state index is 12.1. The molecule has 8 heteroatoms. The summed E-state index contributed by atoms with van der Waals surface area (Å²) in [4.78, 5) is 20.5. The van der Waals surface area contributed by atoms with Gasteiger partial charge in [0.05, 0.1) is 5.69 Å². The molecule has 1 amide bonds. The van der Waals surface area contributed by atoms with E-state index in [0.717, 1.165) is 16.9 Å². The van der Waals surface area contributed by atoms with Crippen LogP contribution < -0.4 is 10.1 Å². The Bertz CT molecular complexity index is 1040. The van der Waals surface area contributed by atoms with Gasteiger partial charge in [0.25, 0.3) is 5.91 Å². The molecule has 26 heavy (non-hydrogen) atoms. The largest absolute Gasteiger partial charge is 0.487 e. The topological polar surface area (TPSA) is 97.2 Å². The number of ether oxygens (including phenoxy) is 1. The van der Waals surface area contributed by atoms with E-state index >= 15 is 0 Å². The van der Waals surface area contributed by atoms with Crippen molar-refractivity contribution in [1.29, 1.82) is 0 Å². The molecule has 0 atom stereocenters. The number of nitrogens with zero attached hydrogens (tertiary/aromatic N) is 4. The summed E-state index contributed by atoms with van der Waals surface area (Å²) < 4.78 is 7.74. The zero-order valence-corrected chi connectivity index (χ0v) is 14.0. The van der Waals surface area contributed by atoms with Crippen molar-refractivity contribution in [1.82, 2.24) is 24.6 Å². The Labute approximate surface area is 148 Å². The van der Waals surface area contributed by atoms with Crippen LogP contribution in [0.4, 0.5) is 5.95 Å². The number of benzene rings is 1. The summed E-state index contributed by atoms with van der Waals surface area (Å²) in [5.74, 6) is 0.691. The molecule has 0 spiro atoms. The minimum absolute atomic E-state index is 0.274. The van der Waals surface area contributed by atoms with Gasteiger partial charge in [0, 0.05) is 18.0 Å². The number of rotatable bonds is 5. The molecular formula is C18H16N6O2. The summed E-state index contributed by atoms with van der Waals surface area (Å²) >= 11 is 0. The number of H-pyrrole nitrogens is 1. The number of nitrogens with one attached hydrogen (secondary N) is 2. The molecule has 0 bridgehead atoms. The molecule has 0 saturated heterocycles. The van der Waals surface area contributed by atoms with Crippen LogP contribution in [0.2, 0.25) is 0 Å². The molecule has 3 aromatic heterocycles. The molecule has 0 aliphatic heterocycles. The second kappa shape index (κ2) is 6.67. The number of hydrogen-bond donors (Lipinski definition) is 2. The van der Waals surface area contributed by atoms with Crippen LogP contribution in [0, 0.1) is 6.92 Å². The number of aromatic nitrogens is 5. The highest BCUT2D eigenvalue weighted by Gasteiger charge is 2.08. The molecule has 0 aliphatic carbocycles. The maximum absolute atomic E-state index is 12.1. The van der Waals surface area contributed by atoms with Crippen molar-refractivity contribution in [3.63, 3.8) is 0 Å².